The summed E-state index contributed by atoms with van der Waals surface area (Å²) < 4.78 is 11.6. The van der Waals surface area contributed by atoms with Crippen LogP contribution < -0.4 is 10.9 Å². The molecule has 29 heavy (non-hydrogen) atoms. The van der Waals surface area contributed by atoms with Crippen molar-refractivity contribution in [1.82, 2.24) is 5.32 Å². The van der Waals surface area contributed by atoms with Crippen LogP contribution in [0.2, 0.25) is 0 Å². The zero-order valence-corrected chi connectivity index (χ0v) is 17.0. The van der Waals surface area contributed by atoms with Crippen LogP contribution >= 0.6 is 0 Å². The Labute approximate surface area is 168 Å². The highest BCUT2D eigenvalue weighted by atomic mass is 16.4. The number of furan rings is 1. The van der Waals surface area contributed by atoms with Crippen molar-refractivity contribution < 1.29 is 13.6 Å². The van der Waals surface area contributed by atoms with Gasteiger partial charge in [0.1, 0.15) is 11.2 Å². The van der Waals surface area contributed by atoms with Gasteiger partial charge < -0.3 is 14.2 Å². The first-order chi connectivity index (χ1) is 13.9. The van der Waals surface area contributed by atoms with Gasteiger partial charge in [-0.25, -0.2) is 4.79 Å². The van der Waals surface area contributed by atoms with Gasteiger partial charge in [0.25, 0.3) is 0 Å². The Kier molecular flexibility index (Phi) is 4.74. The number of benzene rings is 2. The van der Waals surface area contributed by atoms with Crippen LogP contribution in [0.15, 0.2) is 56.3 Å². The van der Waals surface area contributed by atoms with Crippen molar-refractivity contribution in [2.45, 2.75) is 40.2 Å². The summed E-state index contributed by atoms with van der Waals surface area (Å²) in [7, 11) is 0. The number of carbonyl (C=O) groups is 1. The monoisotopic (exact) mass is 389 g/mol. The third-order valence-corrected chi connectivity index (χ3v) is 5.15. The summed E-state index contributed by atoms with van der Waals surface area (Å²) in [6.07, 6.45) is 1.71. The van der Waals surface area contributed by atoms with Crippen molar-refractivity contribution in [3.63, 3.8) is 0 Å². The molecule has 0 fully saturated rings. The van der Waals surface area contributed by atoms with Crippen LogP contribution in [0.1, 0.15) is 30.5 Å². The van der Waals surface area contributed by atoms with Gasteiger partial charge in [-0.3, -0.25) is 4.79 Å². The summed E-state index contributed by atoms with van der Waals surface area (Å²) in [4.78, 5) is 24.8. The highest BCUT2D eigenvalue weighted by molar-refractivity contribution is 6.11. The molecule has 0 radical (unpaired) electrons. The lowest BCUT2D eigenvalue weighted by Gasteiger charge is -2.11. The molecular weight excluding hydrogens is 366 g/mol. The van der Waals surface area contributed by atoms with Gasteiger partial charge in [-0.15, -0.1) is 0 Å². The number of hydrogen-bond donors (Lipinski definition) is 1. The van der Waals surface area contributed by atoms with Crippen LogP contribution in [0, 0.1) is 13.8 Å². The average molecular weight is 389 g/mol. The number of nitrogens with one attached hydrogen (secondary N) is 1. The standard InChI is InChI=1S/C24H23NO4/c1-13(2)25-20(26)11-17-15(4)22-19(29-24(17)27)10-14(3)21-18(12-28-23(21)22)16-8-6-5-7-9-16/h5-10,12-13H,11H2,1-4H3,(H,25,26). The molecule has 0 aliphatic rings. The molecule has 1 amide bonds. The molecule has 2 heterocycles. The number of carbonyl (C=O) groups excluding carboxylic acids is 1. The van der Waals surface area contributed by atoms with Crippen molar-refractivity contribution >= 4 is 27.8 Å². The topological polar surface area (TPSA) is 72.5 Å². The van der Waals surface area contributed by atoms with E-state index >= 15 is 0 Å². The minimum Gasteiger partial charge on any atom is -0.463 e. The van der Waals surface area contributed by atoms with E-state index in [-0.39, 0.29) is 18.4 Å². The summed E-state index contributed by atoms with van der Waals surface area (Å²) in [5, 5.41) is 4.54. The molecule has 5 heteroatoms. The number of aryl methyl sites for hydroxylation is 2. The van der Waals surface area contributed by atoms with E-state index in [1.807, 2.05) is 64.1 Å². The summed E-state index contributed by atoms with van der Waals surface area (Å²) in [6.45, 7) is 7.58. The van der Waals surface area contributed by atoms with E-state index in [9.17, 15) is 9.59 Å². The maximum Gasteiger partial charge on any atom is 0.340 e. The number of hydrogen-bond acceptors (Lipinski definition) is 4. The largest absolute Gasteiger partial charge is 0.463 e. The van der Waals surface area contributed by atoms with Crippen molar-refractivity contribution in [2.75, 3.05) is 0 Å². The van der Waals surface area contributed by atoms with Crippen molar-refractivity contribution in [2.24, 2.45) is 0 Å². The molecule has 5 nitrogen and oxygen atoms in total. The van der Waals surface area contributed by atoms with Crippen molar-refractivity contribution in [3.05, 3.63) is 69.8 Å². The molecule has 4 aromatic rings. The van der Waals surface area contributed by atoms with Gasteiger partial charge in [-0.05, 0) is 50.5 Å². The lowest BCUT2D eigenvalue weighted by molar-refractivity contribution is -0.120. The van der Waals surface area contributed by atoms with E-state index in [1.165, 1.54) is 0 Å². The van der Waals surface area contributed by atoms with E-state index in [4.69, 9.17) is 8.83 Å². The fraction of sp³-hybridized carbons (Fsp3) is 0.250. The molecule has 0 aliphatic carbocycles. The molecule has 2 aromatic carbocycles. The predicted molar refractivity (Wildman–Crippen MR) is 114 cm³/mol. The number of rotatable bonds is 4. The number of amides is 1. The lowest BCUT2D eigenvalue weighted by Crippen LogP contribution is -2.33. The molecular formula is C24H23NO4. The minimum atomic E-state index is -0.484. The van der Waals surface area contributed by atoms with Crippen molar-refractivity contribution in [3.8, 4) is 11.1 Å². The summed E-state index contributed by atoms with van der Waals surface area (Å²) >= 11 is 0. The van der Waals surface area contributed by atoms with Gasteiger partial charge >= 0.3 is 5.63 Å². The molecule has 4 rings (SSSR count). The van der Waals surface area contributed by atoms with Gasteiger partial charge in [0.15, 0.2) is 0 Å². The quantitative estimate of drug-likeness (QED) is 0.505. The summed E-state index contributed by atoms with van der Waals surface area (Å²) in [5.41, 5.74) is 4.75. The molecule has 0 saturated heterocycles. The smallest absolute Gasteiger partial charge is 0.340 e. The normalized spacial score (nSPS) is 11.5. The average Bonchev–Trinajstić information content (AvgIpc) is 3.10. The molecule has 0 aliphatic heterocycles. The van der Waals surface area contributed by atoms with E-state index in [2.05, 4.69) is 5.32 Å². The van der Waals surface area contributed by atoms with Crippen LogP contribution in [0.3, 0.4) is 0 Å². The molecule has 2 aromatic heterocycles. The first-order valence-electron chi connectivity index (χ1n) is 9.68. The van der Waals surface area contributed by atoms with Gasteiger partial charge in [0.2, 0.25) is 5.91 Å². The highest BCUT2D eigenvalue weighted by Crippen LogP contribution is 2.38. The molecule has 0 unspecified atom stereocenters. The Hall–Kier alpha value is -3.34. The molecule has 0 bridgehead atoms. The second kappa shape index (κ2) is 7.24. The first-order valence-corrected chi connectivity index (χ1v) is 9.68. The zero-order chi connectivity index (χ0) is 20.7. The fourth-order valence-electron chi connectivity index (χ4n) is 3.86. The van der Waals surface area contributed by atoms with E-state index in [0.29, 0.717) is 22.3 Å². The van der Waals surface area contributed by atoms with Crippen LogP contribution in [0.4, 0.5) is 0 Å². The Morgan fingerprint density at radius 2 is 1.83 bits per heavy atom. The molecule has 0 saturated carbocycles. The third kappa shape index (κ3) is 3.33. The van der Waals surface area contributed by atoms with E-state index < -0.39 is 5.63 Å². The van der Waals surface area contributed by atoms with Crippen LogP contribution in [0.5, 0.6) is 0 Å². The van der Waals surface area contributed by atoms with Gasteiger partial charge in [-0.1, -0.05) is 30.3 Å². The zero-order valence-electron chi connectivity index (χ0n) is 17.0. The maximum atomic E-state index is 12.6. The second-order valence-corrected chi connectivity index (χ2v) is 7.68. The fourth-order valence-corrected chi connectivity index (χ4v) is 3.86. The summed E-state index contributed by atoms with van der Waals surface area (Å²) in [5.74, 6) is -0.206. The van der Waals surface area contributed by atoms with Gasteiger partial charge in [-0.2, -0.15) is 0 Å². The SMILES string of the molecule is Cc1cc2oc(=O)c(CC(=O)NC(C)C)c(C)c2c2occ(-c3ccccc3)c12. The van der Waals surface area contributed by atoms with E-state index in [1.54, 1.807) is 6.26 Å². The Bertz CT molecular complexity index is 1280. The van der Waals surface area contributed by atoms with Crippen molar-refractivity contribution in [1.29, 1.82) is 0 Å². The van der Waals surface area contributed by atoms with Gasteiger partial charge in [0, 0.05) is 17.0 Å². The summed E-state index contributed by atoms with van der Waals surface area (Å²) in [6, 6.07) is 11.9. The Morgan fingerprint density at radius 1 is 1.10 bits per heavy atom. The van der Waals surface area contributed by atoms with Crippen LogP contribution in [-0.2, 0) is 11.2 Å². The first kappa shape index (κ1) is 19.0. The number of fused-ring (bicyclic) bond motifs is 3. The lowest BCUT2D eigenvalue weighted by atomic mass is 9.96. The molecule has 0 atom stereocenters. The maximum absolute atomic E-state index is 12.6. The van der Waals surface area contributed by atoms with Crippen LogP contribution in [0.25, 0.3) is 33.1 Å². The van der Waals surface area contributed by atoms with Crippen LogP contribution in [-0.4, -0.2) is 11.9 Å². The Morgan fingerprint density at radius 3 is 2.52 bits per heavy atom. The third-order valence-electron chi connectivity index (χ3n) is 5.15. The van der Waals surface area contributed by atoms with E-state index in [0.717, 1.165) is 27.5 Å². The Balaban J connectivity index is 1.96. The highest BCUT2D eigenvalue weighted by Gasteiger charge is 2.21. The second-order valence-electron chi connectivity index (χ2n) is 7.68. The molecule has 1 N–H and O–H groups in total. The molecule has 0 spiro atoms. The molecule has 148 valence electrons. The van der Waals surface area contributed by atoms with Gasteiger partial charge in [0.05, 0.1) is 23.6 Å². The predicted octanol–water partition coefficient (Wildman–Crippen LogP) is 4.89. The minimum absolute atomic E-state index is 0.00293.